The van der Waals surface area contributed by atoms with Crippen LogP contribution in [0.1, 0.15) is 77.0 Å². The van der Waals surface area contributed by atoms with Crippen LogP contribution in [-0.4, -0.2) is 34.7 Å². The summed E-state index contributed by atoms with van der Waals surface area (Å²) in [5.74, 6) is 1.73. The van der Waals surface area contributed by atoms with Gasteiger partial charge in [-0.25, -0.2) is 4.90 Å². The van der Waals surface area contributed by atoms with Crippen LogP contribution in [0, 0.1) is 23.2 Å². The van der Waals surface area contributed by atoms with Crippen LogP contribution in [0.4, 0.5) is 5.69 Å². The van der Waals surface area contributed by atoms with Gasteiger partial charge in [0.1, 0.15) is 6.04 Å². The van der Waals surface area contributed by atoms with Crippen LogP contribution >= 0.6 is 11.6 Å². The van der Waals surface area contributed by atoms with E-state index in [1.54, 1.807) is 24.3 Å². The van der Waals surface area contributed by atoms with E-state index in [1.165, 1.54) is 30.6 Å². The standard InChI is InChI=1S/C27H33ClN2O3/c28-20-6-8-22(9-7-20)30-24(31)13-23(25(30)32)29(21-4-2-1-3-5-21)26(33)27-14-17-10-18(15-27)12-19(11-17)16-27/h6-9,17-19,21,23H,1-5,10-16H2. The number of halogens is 1. The lowest BCUT2D eigenvalue weighted by Gasteiger charge is -2.57. The quantitative estimate of drug-likeness (QED) is 0.559. The Morgan fingerprint density at radius 2 is 1.48 bits per heavy atom. The van der Waals surface area contributed by atoms with Crippen LogP contribution in [0.3, 0.4) is 0 Å². The van der Waals surface area contributed by atoms with Gasteiger partial charge in [0, 0.05) is 11.1 Å². The van der Waals surface area contributed by atoms with Crippen molar-refractivity contribution in [2.24, 2.45) is 23.2 Å². The van der Waals surface area contributed by atoms with Gasteiger partial charge < -0.3 is 4.90 Å². The third kappa shape index (κ3) is 3.62. The molecule has 3 amide bonds. The first-order valence-electron chi connectivity index (χ1n) is 12.9. The minimum atomic E-state index is -0.670. The van der Waals surface area contributed by atoms with Crippen LogP contribution in [-0.2, 0) is 14.4 Å². The summed E-state index contributed by atoms with van der Waals surface area (Å²) in [5.41, 5.74) is 0.242. The second-order valence-corrected chi connectivity index (χ2v) is 11.9. The maximum Gasteiger partial charge on any atom is 0.257 e. The molecule has 5 aliphatic carbocycles. The Hall–Kier alpha value is -1.88. The number of hydrogen-bond acceptors (Lipinski definition) is 3. The predicted octanol–water partition coefficient (Wildman–Crippen LogP) is 5.35. The summed E-state index contributed by atoms with van der Waals surface area (Å²) >= 11 is 6.02. The Kier molecular flexibility index (Phi) is 5.32. The number of amides is 3. The van der Waals surface area contributed by atoms with Gasteiger partial charge >= 0.3 is 0 Å². The Bertz CT molecular complexity index is 933. The number of anilines is 1. The monoisotopic (exact) mass is 468 g/mol. The van der Waals surface area contributed by atoms with E-state index in [2.05, 4.69) is 0 Å². The Labute approximate surface area is 200 Å². The highest BCUT2D eigenvalue weighted by atomic mass is 35.5. The zero-order valence-electron chi connectivity index (χ0n) is 19.2. The van der Waals surface area contributed by atoms with E-state index in [-0.39, 0.29) is 35.6 Å². The maximum atomic E-state index is 14.4. The number of rotatable bonds is 4. The van der Waals surface area contributed by atoms with E-state index in [4.69, 9.17) is 11.6 Å². The van der Waals surface area contributed by atoms with Crippen LogP contribution in [0.5, 0.6) is 0 Å². The van der Waals surface area contributed by atoms with Gasteiger partial charge in [0.25, 0.3) is 5.91 Å². The number of carbonyl (C=O) groups excluding carboxylic acids is 3. The Balaban J connectivity index is 1.33. The highest BCUT2D eigenvalue weighted by Crippen LogP contribution is 2.61. The third-order valence-corrected chi connectivity index (χ3v) is 9.49. The fourth-order valence-corrected chi connectivity index (χ4v) is 8.39. The molecule has 1 atom stereocenters. The maximum absolute atomic E-state index is 14.4. The van der Waals surface area contributed by atoms with Crippen molar-refractivity contribution in [3.8, 4) is 0 Å². The van der Waals surface area contributed by atoms with Gasteiger partial charge in [-0.15, -0.1) is 0 Å². The molecule has 1 heterocycles. The molecule has 5 nitrogen and oxygen atoms in total. The molecular weight excluding hydrogens is 436 g/mol. The topological polar surface area (TPSA) is 57.7 Å². The predicted molar refractivity (Wildman–Crippen MR) is 127 cm³/mol. The first-order valence-corrected chi connectivity index (χ1v) is 13.3. The first kappa shape index (κ1) is 21.6. The van der Waals surface area contributed by atoms with Crippen molar-refractivity contribution >= 4 is 35.0 Å². The minimum absolute atomic E-state index is 0.0752. The number of imide groups is 1. The highest BCUT2D eigenvalue weighted by molar-refractivity contribution is 6.30. The van der Waals surface area contributed by atoms with Gasteiger partial charge in [-0.3, -0.25) is 14.4 Å². The summed E-state index contributed by atoms with van der Waals surface area (Å²) in [6.07, 6.45) is 12.1. The second-order valence-electron chi connectivity index (χ2n) is 11.5. The lowest BCUT2D eigenvalue weighted by Crippen LogP contribution is -2.60. The zero-order chi connectivity index (χ0) is 22.7. The Morgan fingerprint density at radius 3 is 2.06 bits per heavy atom. The van der Waals surface area contributed by atoms with Crippen molar-refractivity contribution in [2.75, 3.05) is 4.90 Å². The molecule has 1 saturated heterocycles. The van der Waals surface area contributed by atoms with Crippen LogP contribution in [0.2, 0.25) is 5.02 Å². The first-order chi connectivity index (χ1) is 15.9. The molecule has 5 saturated carbocycles. The molecule has 7 rings (SSSR count). The fraction of sp³-hybridized carbons (Fsp3) is 0.667. The molecule has 0 radical (unpaired) electrons. The van der Waals surface area contributed by atoms with Crippen molar-refractivity contribution < 1.29 is 14.4 Å². The zero-order valence-corrected chi connectivity index (χ0v) is 19.9. The second kappa shape index (κ2) is 8.11. The highest BCUT2D eigenvalue weighted by Gasteiger charge is 2.58. The van der Waals surface area contributed by atoms with Crippen molar-refractivity contribution in [2.45, 2.75) is 89.1 Å². The number of nitrogens with zero attached hydrogens (tertiary/aromatic N) is 2. The van der Waals surface area contributed by atoms with Crippen LogP contribution in [0.15, 0.2) is 24.3 Å². The third-order valence-electron chi connectivity index (χ3n) is 9.24. The molecule has 6 heteroatoms. The molecule has 1 aromatic carbocycles. The van der Waals surface area contributed by atoms with Crippen LogP contribution < -0.4 is 4.90 Å². The number of hydrogen-bond donors (Lipinski definition) is 0. The Morgan fingerprint density at radius 1 is 0.909 bits per heavy atom. The summed E-state index contributed by atoms with van der Waals surface area (Å²) in [5, 5.41) is 0.565. The van der Waals surface area contributed by atoms with Gasteiger partial charge in [0.2, 0.25) is 11.8 Å². The number of carbonyl (C=O) groups is 3. The van der Waals surface area contributed by atoms with E-state index in [0.717, 1.165) is 44.9 Å². The molecule has 4 bridgehead atoms. The van der Waals surface area contributed by atoms with Gasteiger partial charge in [0.15, 0.2) is 0 Å². The molecular formula is C27H33ClN2O3. The van der Waals surface area contributed by atoms with Crippen molar-refractivity contribution in [1.29, 1.82) is 0 Å². The molecule has 0 N–H and O–H groups in total. The molecule has 33 heavy (non-hydrogen) atoms. The van der Waals surface area contributed by atoms with E-state index in [1.807, 2.05) is 4.90 Å². The van der Waals surface area contributed by atoms with E-state index < -0.39 is 6.04 Å². The van der Waals surface area contributed by atoms with Gasteiger partial charge in [-0.1, -0.05) is 30.9 Å². The largest absolute Gasteiger partial charge is 0.327 e. The number of benzene rings is 1. The van der Waals surface area contributed by atoms with Crippen LogP contribution in [0.25, 0.3) is 0 Å². The molecule has 6 fully saturated rings. The molecule has 176 valence electrons. The lowest BCUT2D eigenvalue weighted by atomic mass is 9.49. The van der Waals surface area contributed by atoms with Gasteiger partial charge in [0.05, 0.1) is 17.5 Å². The van der Waals surface area contributed by atoms with E-state index in [0.29, 0.717) is 28.5 Å². The van der Waals surface area contributed by atoms with E-state index >= 15 is 0 Å². The molecule has 0 aromatic heterocycles. The molecule has 0 spiro atoms. The minimum Gasteiger partial charge on any atom is -0.327 e. The normalized spacial score (nSPS) is 36.0. The SMILES string of the molecule is O=C1CC(N(C(=O)C23CC4CC(CC(C4)C2)C3)C2CCCCC2)C(=O)N1c1ccc(Cl)cc1. The van der Waals surface area contributed by atoms with Gasteiger partial charge in [-0.05, 0) is 93.4 Å². The average Bonchev–Trinajstić information content (AvgIpc) is 3.08. The summed E-state index contributed by atoms with van der Waals surface area (Å²) in [6.45, 7) is 0. The lowest BCUT2D eigenvalue weighted by molar-refractivity contribution is -0.165. The van der Waals surface area contributed by atoms with Crippen molar-refractivity contribution in [3.05, 3.63) is 29.3 Å². The average molecular weight is 469 g/mol. The summed E-state index contributed by atoms with van der Waals surface area (Å²) in [6, 6.07) is 6.23. The van der Waals surface area contributed by atoms with Crippen molar-refractivity contribution in [1.82, 2.24) is 4.90 Å². The summed E-state index contributed by atoms with van der Waals surface area (Å²) in [4.78, 5) is 44.4. The molecule has 1 aromatic rings. The summed E-state index contributed by atoms with van der Waals surface area (Å²) in [7, 11) is 0. The molecule has 1 unspecified atom stereocenters. The fourth-order valence-electron chi connectivity index (χ4n) is 8.26. The van der Waals surface area contributed by atoms with Crippen molar-refractivity contribution in [3.63, 3.8) is 0 Å². The smallest absolute Gasteiger partial charge is 0.257 e. The molecule has 6 aliphatic rings. The molecule has 1 aliphatic heterocycles. The summed E-state index contributed by atoms with van der Waals surface area (Å²) < 4.78 is 0. The van der Waals surface area contributed by atoms with E-state index in [9.17, 15) is 14.4 Å². The van der Waals surface area contributed by atoms with Gasteiger partial charge in [-0.2, -0.15) is 0 Å².